The minimum atomic E-state index is -0.731. The molecule has 0 spiro atoms. The van der Waals surface area contributed by atoms with Gasteiger partial charge in [0.1, 0.15) is 11.6 Å². The summed E-state index contributed by atoms with van der Waals surface area (Å²) in [7, 11) is 1.27. The molecule has 0 unspecified atom stereocenters. The number of carbonyl (C=O) groups excluding carboxylic acids is 2. The molecule has 0 aromatic rings. The van der Waals surface area contributed by atoms with Gasteiger partial charge in [-0.1, -0.05) is 0 Å². The van der Waals surface area contributed by atoms with Crippen molar-refractivity contribution in [3.8, 4) is 0 Å². The summed E-state index contributed by atoms with van der Waals surface area (Å²) in [5.41, 5.74) is -0.615. The normalized spacial score (nSPS) is 12.7. The predicted octanol–water partition coefficient (Wildman–Crippen LogP) is 1.17. The number of hydrogen-bond donors (Lipinski definition) is 2. The number of thioether (sulfide) groups is 1. The molecule has 0 aliphatic rings. The van der Waals surface area contributed by atoms with Crippen LogP contribution in [0.5, 0.6) is 0 Å². The molecular formula is C12H23NO5S. The van der Waals surface area contributed by atoms with Crippen molar-refractivity contribution in [1.29, 1.82) is 0 Å². The van der Waals surface area contributed by atoms with Gasteiger partial charge in [-0.05, 0) is 32.9 Å². The van der Waals surface area contributed by atoms with E-state index in [2.05, 4.69) is 10.1 Å². The fourth-order valence-electron chi connectivity index (χ4n) is 1.21. The van der Waals surface area contributed by atoms with Crippen LogP contribution in [0.15, 0.2) is 0 Å². The third-order valence-electron chi connectivity index (χ3n) is 1.96. The minimum absolute atomic E-state index is 0.0903. The van der Waals surface area contributed by atoms with E-state index >= 15 is 0 Å². The van der Waals surface area contributed by atoms with Gasteiger partial charge in [0.05, 0.1) is 13.7 Å². The van der Waals surface area contributed by atoms with E-state index in [-0.39, 0.29) is 6.61 Å². The van der Waals surface area contributed by atoms with Crippen LogP contribution in [0.2, 0.25) is 0 Å². The Labute approximate surface area is 118 Å². The Bertz CT molecular complexity index is 290. The molecule has 19 heavy (non-hydrogen) atoms. The number of esters is 1. The van der Waals surface area contributed by atoms with E-state index in [9.17, 15) is 9.59 Å². The molecule has 1 amide bonds. The van der Waals surface area contributed by atoms with Gasteiger partial charge in [-0.25, -0.2) is 9.59 Å². The summed E-state index contributed by atoms with van der Waals surface area (Å²) in [5, 5.41) is 11.1. The number of ether oxygens (including phenoxy) is 2. The number of carbonyl (C=O) groups is 2. The maximum absolute atomic E-state index is 11.6. The molecule has 112 valence electrons. The Morgan fingerprint density at radius 1 is 1.32 bits per heavy atom. The van der Waals surface area contributed by atoms with Crippen molar-refractivity contribution in [2.75, 3.05) is 25.2 Å². The van der Waals surface area contributed by atoms with Gasteiger partial charge in [0.25, 0.3) is 0 Å². The number of methoxy groups -OCH3 is 1. The van der Waals surface area contributed by atoms with Crippen LogP contribution < -0.4 is 5.32 Å². The van der Waals surface area contributed by atoms with Crippen molar-refractivity contribution in [3.05, 3.63) is 0 Å². The van der Waals surface area contributed by atoms with Crippen molar-refractivity contribution in [3.63, 3.8) is 0 Å². The van der Waals surface area contributed by atoms with Crippen LogP contribution in [0, 0.1) is 0 Å². The first-order valence-corrected chi connectivity index (χ1v) is 7.21. The lowest BCUT2D eigenvalue weighted by molar-refractivity contribution is -0.143. The second kappa shape index (κ2) is 9.03. The van der Waals surface area contributed by atoms with E-state index in [1.807, 2.05) is 0 Å². The van der Waals surface area contributed by atoms with Crippen molar-refractivity contribution in [2.24, 2.45) is 0 Å². The predicted molar refractivity (Wildman–Crippen MR) is 74.2 cm³/mol. The lowest BCUT2D eigenvalue weighted by atomic mass is 10.2. The van der Waals surface area contributed by atoms with Gasteiger partial charge in [-0.2, -0.15) is 11.8 Å². The van der Waals surface area contributed by atoms with E-state index in [1.165, 1.54) is 18.9 Å². The van der Waals surface area contributed by atoms with Crippen LogP contribution >= 0.6 is 11.8 Å². The number of aliphatic hydroxyl groups excluding tert-OH is 1. The monoisotopic (exact) mass is 293 g/mol. The fourth-order valence-corrected chi connectivity index (χ4v) is 1.94. The standard InChI is InChI=1S/C12H23NO5S/c1-12(2,3)18-11(16)13-9(10(15)17-4)5-7-19-8-6-14/h9,14H,5-8H2,1-4H3,(H,13,16)/t9-/m0/s1. The molecule has 2 N–H and O–H groups in total. The summed E-state index contributed by atoms with van der Waals surface area (Å²) in [5.74, 6) is 0.728. The number of alkyl carbamates (subject to hydrolysis) is 1. The van der Waals surface area contributed by atoms with E-state index in [4.69, 9.17) is 9.84 Å². The lowest BCUT2D eigenvalue weighted by Crippen LogP contribution is -2.44. The highest BCUT2D eigenvalue weighted by atomic mass is 32.2. The molecule has 0 aliphatic heterocycles. The topological polar surface area (TPSA) is 84.9 Å². The summed E-state index contributed by atoms with van der Waals surface area (Å²) in [6.45, 7) is 5.33. The quantitative estimate of drug-likeness (QED) is 0.541. The van der Waals surface area contributed by atoms with Gasteiger partial charge in [0, 0.05) is 5.75 Å². The molecular weight excluding hydrogens is 270 g/mol. The smallest absolute Gasteiger partial charge is 0.408 e. The van der Waals surface area contributed by atoms with Crippen LogP contribution in [0.3, 0.4) is 0 Å². The lowest BCUT2D eigenvalue weighted by Gasteiger charge is -2.22. The average molecular weight is 293 g/mol. The molecule has 0 saturated carbocycles. The van der Waals surface area contributed by atoms with Gasteiger partial charge < -0.3 is 19.9 Å². The summed E-state index contributed by atoms with van der Waals surface area (Å²) < 4.78 is 9.72. The zero-order valence-electron chi connectivity index (χ0n) is 11.9. The zero-order chi connectivity index (χ0) is 14.9. The SMILES string of the molecule is COC(=O)[C@H](CCSCCO)NC(=O)OC(C)(C)C. The largest absolute Gasteiger partial charge is 0.467 e. The average Bonchev–Trinajstić information content (AvgIpc) is 2.29. The summed E-state index contributed by atoms with van der Waals surface area (Å²) in [6.07, 6.45) is -0.216. The maximum atomic E-state index is 11.6. The first kappa shape index (κ1) is 18.0. The molecule has 0 saturated heterocycles. The Kier molecular flexibility index (Phi) is 8.58. The minimum Gasteiger partial charge on any atom is -0.467 e. The van der Waals surface area contributed by atoms with Crippen molar-refractivity contribution in [2.45, 2.75) is 38.8 Å². The van der Waals surface area contributed by atoms with E-state index in [0.29, 0.717) is 17.9 Å². The Hall–Kier alpha value is -0.950. The van der Waals surface area contributed by atoms with E-state index in [0.717, 1.165) is 0 Å². The number of aliphatic hydroxyl groups is 1. The van der Waals surface area contributed by atoms with Crippen LogP contribution in [0.4, 0.5) is 4.79 Å². The highest BCUT2D eigenvalue weighted by Gasteiger charge is 2.24. The molecule has 0 aliphatic carbocycles. The third kappa shape index (κ3) is 9.61. The number of hydrogen-bond acceptors (Lipinski definition) is 6. The molecule has 0 radical (unpaired) electrons. The number of amides is 1. The highest BCUT2D eigenvalue weighted by molar-refractivity contribution is 7.99. The van der Waals surface area contributed by atoms with Crippen LogP contribution in [0.1, 0.15) is 27.2 Å². The Morgan fingerprint density at radius 3 is 2.42 bits per heavy atom. The molecule has 0 heterocycles. The molecule has 1 atom stereocenters. The summed E-state index contributed by atoms with van der Waals surface area (Å²) >= 11 is 1.50. The van der Waals surface area contributed by atoms with Gasteiger partial charge in [0.2, 0.25) is 0 Å². The zero-order valence-corrected chi connectivity index (χ0v) is 12.7. The number of nitrogens with one attached hydrogen (secondary N) is 1. The molecule has 0 fully saturated rings. The van der Waals surface area contributed by atoms with Crippen LogP contribution in [0.25, 0.3) is 0 Å². The first-order chi connectivity index (χ1) is 8.80. The van der Waals surface area contributed by atoms with Crippen molar-refractivity contribution in [1.82, 2.24) is 5.32 Å². The fraction of sp³-hybridized carbons (Fsp3) is 0.833. The summed E-state index contributed by atoms with van der Waals surface area (Å²) in [6, 6.07) is -0.731. The number of rotatable bonds is 7. The highest BCUT2D eigenvalue weighted by Crippen LogP contribution is 2.09. The Balaban J connectivity index is 4.27. The maximum Gasteiger partial charge on any atom is 0.408 e. The van der Waals surface area contributed by atoms with Gasteiger partial charge in [0.15, 0.2) is 0 Å². The second-order valence-corrected chi connectivity index (χ2v) is 6.07. The molecule has 0 rings (SSSR count). The van der Waals surface area contributed by atoms with Gasteiger partial charge >= 0.3 is 12.1 Å². The van der Waals surface area contributed by atoms with Gasteiger partial charge in [-0.3, -0.25) is 0 Å². The molecule has 0 aromatic carbocycles. The molecule has 6 nitrogen and oxygen atoms in total. The molecule has 0 aromatic heterocycles. The van der Waals surface area contributed by atoms with Gasteiger partial charge in [-0.15, -0.1) is 0 Å². The Morgan fingerprint density at radius 2 is 1.95 bits per heavy atom. The summed E-state index contributed by atoms with van der Waals surface area (Å²) in [4.78, 5) is 23.1. The van der Waals surface area contributed by atoms with E-state index in [1.54, 1.807) is 20.8 Å². The van der Waals surface area contributed by atoms with Crippen LogP contribution in [-0.4, -0.2) is 54.0 Å². The van der Waals surface area contributed by atoms with E-state index < -0.39 is 23.7 Å². The third-order valence-corrected chi connectivity index (χ3v) is 2.96. The second-order valence-electron chi connectivity index (χ2n) is 4.85. The molecule has 0 bridgehead atoms. The molecule has 7 heteroatoms. The van der Waals surface area contributed by atoms with Crippen molar-refractivity contribution >= 4 is 23.8 Å². The van der Waals surface area contributed by atoms with Crippen LogP contribution in [-0.2, 0) is 14.3 Å². The van der Waals surface area contributed by atoms with Crippen molar-refractivity contribution < 1.29 is 24.2 Å². The first-order valence-electron chi connectivity index (χ1n) is 6.06.